The number of aryl methyl sites for hydroxylation is 1. The zero-order valence-corrected chi connectivity index (χ0v) is 15.9. The van der Waals surface area contributed by atoms with Crippen LogP contribution in [0, 0.1) is 0 Å². The first-order chi connectivity index (χ1) is 12.9. The van der Waals surface area contributed by atoms with Crippen LogP contribution in [0.3, 0.4) is 0 Å². The van der Waals surface area contributed by atoms with Crippen molar-refractivity contribution in [2.24, 2.45) is 0 Å². The largest absolute Gasteiger partial charge is 0.478 e. The lowest BCUT2D eigenvalue weighted by Gasteiger charge is -2.13. The monoisotopic (exact) mass is 405 g/mol. The Morgan fingerprint density at radius 2 is 2.07 bits per heavy atom. The van der Waals surface area contributed by atoms with Crippen LogP contribution in [0.4, 0.5) is 5.69 Å². The molecule has 0 saturated carbocycles. The molecule has 27 heavy (non-hydrogen) atoms. The summed E-state index contributed by atoms with van der Waals surface area (Å²) < 4.78 is 1.23. The zero-order chi connectivity index (χ0) is 19.6. The number of carbonyl (C=O) groups is 2. The summed E-state index contributed by atoms with van der Waals surface area (Å²) in [5.41, 5.74) is -0.197. The number of carboxylic acids is 1. The van der Waals surface area contributed by atoms with E-state index in [0.717, 1.165) is 17.8 Å². The molecule has 0 aliphatic rings. The number of thiophene rings is 1. The molecule has 0 fully saturated rings. The third-order valence-corrected chi connectivity index (χ3v) is 5.13. The second-order valence-corrected chi connectivity index (χ2v) is 7.10. The second kappa shape index (κ2) is 7.89. The van der Waals surface area contributed by atoms with Gasteiger partial charge < -0.3 is 10.4 Å². The summed E-state index contributed by atoms with van der Waals surface area (Å²) in [7, 11) is 0. The van der Waals surface area contributed by atoms with Crippen molar-refractivity contribution in [1.29, 1.82) is 0 Å². The SMILES string of the molecule is CCCc1nc2scc(C(=O)O)c2c(=O)n1CC(=O)Nc1ccccc1Cl. The average molecular weight is 406 g/mol. The Balaban J connectivity index is 2.02. The Morgan fingerprint density at radius 1 is 1.33 bits per heavy atom. The van der Waals surface area contributed by atoms with Crippen molar-refractivity contribution in [1.82, 2.24) is 9.55 Å². The molecule has 7 nitrogen and oxygen atoms in total. The molecule has 9 heteroatoms. The van der Waals surface area contributed by atoms with Crippen molar-refractivity contribution in [3.05, 3.63) is 56.4 Å². The molecule has 0 spiro atoms. The van der Waals surface area contributed by atoms with Crippen molar-refractivity contribution in [2.75, 3.05) is 5.32 Å². The molecule has 0 bridgehead atoms. The molecular formula is C18H16ClN3O4S. The van der Waals surface area contributed by atoms with Crippen molar-refractivity contribution in [3.8, 4) is 0 Å². The number of hydrogen-bond donors (Lipinski definition) is 2. The predicted octanol–water partition coefficient (Wildman–Crippen LogP) is 3.40. The summed E-state index contributed by atoms with van der Waals surface area (Å²) in [5, 5.41) is 13.8. The van der Waals surface area contributed by atoms with Crippen molar-refractivity contribution in [2.45, 2.75) is 26.3 Å². The van der Waals surface area contributed by atoms with Gasteiger partial charge in [-0.1, -0.05) is 30.7 Å². The fourth-order valence-electron chi connectivity index (χ4n) is 2.70. The molecule has 2 N–H and O–H groups in total. The van der Waals surface area contributed by atoms with Crippen molar-refractivity contribution < 1.29 is 14.7 Å². The lowest BCUT2D eigenvalue weighted by molar-refractivity contribution is -0.116. The lowest BCUT2D eigenvalue weighted by Crippen LogP contribution is -2.31. The summed E-state index contributed by atoms with van der Waals surface area (Å²) in [4.78, 5) is 41.6. The standard InChI is InChI=1S/C18H16ClN3O4S/c1-2-5-13-21-16-15(10(9-27-16)18(25)26)17(24)22(13)8-14(23)20-12-7-4-3-6-11(12)19/h3-4,6-7,9H,2,5,8H2,1H3,(H,20,23)(H,25,26). The van der Waals surface area contributed by atoms with Gasteiger partial charge in [0.05, 0.1) is 21.7 Å². The molecule has 0 aliphatic carbocycles. The molecule has 0 radical (unpaired) electrons. The maximum absolute atomic E-state index is 12.9. The van der Waals surface area contributed by atoms with E-state index in [1.54, 1.807) is 24.3 Å². The quantitative estimate of drug-likeness (QED) is 0.654. The van der Waals surface area contributed by atoms with Gasteiger partial charge in [0.25, 0.3) is 5.56 Å². The van der Waals surface area contributed by atoms with Gasteiger partial charge in [-0.05, 0) is 18.6 Å². The van der Waals surface area contributed by atoms with Gasteiger partial charge in [0.2, 0.25) is 5.91 Å². The van der Waals surface area contributed by atoms with Crippen molar-refractivity contribution >= 4 is 50.7 Å². The first-order valence-electron chi connectivity index (χ1n) is 8.21. The van der Waals surface area contributed by atoms with Gasteiger partial charge in [0.15, 0.2) is 0 Å². The fraction of sp³-hybridized carbons (Fsp3) is 0.222. The average Bonchev–Trinajstić information content (AvgIpc) is 3.05. The lowest BCUT2D eigenvalue weighted by atomic mass is 10.2. The first-order valence-corrected chi connectivity index (χ1v) is 9.46. The van der Waals surface area contributed by atoms with Crippen LogP contribution < -0.4 is 10.9 Å². The molecule has 1 aromatic carbocycles. The number of aromatic nitrogens is 2. The van der Waals surface area contributed by atoms with E-state index in [-0.39, 0.29) is 17.5 Å². The van der Waals surface area contributed by atoms with Gasteiger partial charge in [-0.2, -0.15) is 0 Å². The Bertz CT molecular complexity index is 1090. The van der Waals surface area contributed by atoms with Crippen LogP contribution in [-0.4, -0.2) is 26.5 Å². The Morgan fingerprint density at radius 3 is 2.74 bits per heavy atom. The van der Waals surface area contributed by atoms with E-state index in [1.807, 2.05) is 6.92 Å². The Labute approximate surface area is 163 Å². The number of rotatable bonds is 6. The minimum absolute atomic E-state index is 0.0258. The normalized spacial score (nSPS) is 10.9. The maximum atomic E-state index is 12.9. The molecule has 2 aromatic heterocycles. The van der Waals surface area contributed by atoms with E-state index in [9.17, 15) is 19.5 Å². The molecule has 2 heterocycles. The molecule has 0 saturated heterocycles. The number of halogens is 1. The highest BCUT2D eigenvalue weighted by atomic mass is 35.5. The number of benzene rings is 1. The number of carbonyl (C=O) groups excluding carboxylic acids is 1. The minimum Gasteiger partial charge on any atom is -0.478 e. The smallest absolute Gasteiger partial charge is 0.337 e. The summed E-state index contributed by atoms with van der Waals surface area (Å²) in [6, 6.07) is 6.76. The fourth-order valence-corrected chi connectivity index (χ4v) is 3.80. The van der Waals surface area contributed by atoms with Crippen LogP contribution in [0.5, 0.6) is 0 Å². The van der Waals surface area contributed by atoms with Crippen LogP contribution >= 0.6 is 22.9 Å². The summed E-state index contributed by atoms with van der Waals surface area (Å²) >= 11 is 7.15. The van der Waals surface area contributed by atoms with E-state index in [0.29, 0.717) is 27.8 Å². The minimum atomic E-state index is -1.20. The van der Waals surface area contributed by atoms with Gasteiger partial charge in [0.1, 0.15) is 17.2 Å². The van der Waals surface area contributed by atoms with Crippen LogP contribution in [-0.2, 0) is 17.8 Å². The third kappa shape index (κ3) is 3.86. The number of anilines is 1. The van der Waals surface area contributed by atoms with Gasteiger partial charge >= 0.3 is 5.97 Å². The molecular weight excluding hydrogens is 390 g/mol. The predicted molar refractivity (Wildman–Crippen MR) is 105 cm³/mol. The topological polar surface area (TPSA) is 101 Å². The Kier molecular flexibility index (Phi) is 5.57. The van der Waals surface area contributed by atoms with Crippen LogP contribution in [0.2, 0.25) is 5.02 Å². The number of carboxylic acid groups (broad SMARTS) is 1. The number of para-hydroxylation sites is 1. The highest BCUT2D eigenvalue weighted by Gasteiger charge is 2.20. The summed E-state index contributed by atoms with van der Waals surface area (Å²) in [6.45, 7) is 1.65. The van der Waals surface area contributed by atoms with E-state index >= 15 is 0 Å². The van der Waals surface area contributed by atoms with Crippen LogP contribution in [0.25, 0.3) is 10.2 Å². The third-order valence-electron chi connectivity index (χ3n) is 3.93. The van der Waals surface area contributed by atoms with E-state index in [1.165, 1.54) is 9.95 Å². The van der Waals surface area contributed by atoms with Crippen LogP contribution in [0.1, 0.15) is 29.5 Å². The molecule has 140 valence electrons. The van der Waals surface area contributed by atoms with Gasteiger partial charge in [-0.15, -0.1) is 11.3 Å². The van der Waals surface area contributed by atoms with Crippen LogP contribution in [0.15, 0.2) is 34.4 Å². The molecule has 0 aliphatic heterocycles. The second-order valence-electron chi connectivity index (χ2n) is 5.83. The van der Waals surface area contributed by atoms with Gasteiger partial charge in [-0.25, -0.2) is 9.78 Å². The molecule has 3 aromatic rings. The number of amides is 1. The molecule has 1 amide bonds. The van der Waals surface area contributed by atoms with Gasteiger partial charge in [-0.3, -0.25) is 14.2 Å². The van der Waals surface area contributed by atoms with Crippen molar-refractivity contribution in [3.63, 3.8) is 0 Å². The first kappa shape index (κ1) is 19.1. The Hall–Kier alpha value is -2.71. The number of hydrogen-bond acceptors (Lipinski definition) is 5. The maximum Gasteiger partial charge on any atom is 0.337 e. The number of aromatic carboxylic acids is 1. The van der Waals surface area contributed by atoms with E-state index in [2.05, 4.69) is 10.3 Å². The summed E-state index contributed by atoms with van der Waals surface area (Å²) in [5.74, 6) is -1.20. The molecule has 3 rings (SSSR count). The highest BCUT2D eigenvalue weighted by Crippen LogP contribution is 2.23. The zero-order valence-electron chi connectivity index (χ0n) is 14.4. The highest BCUT2D eigenvalue weighted by molar-refractivity contribution is 7.17. The van der Waals surface area contributed by atoms with Gasteiger partial charge in [0, 0.05) is 11.8 Å². The molecule has 0 atom stereocenters. The van der Waals surface area contributed by atoms with E-state index in [4.69, 9.17) is 11.6 Å². The number of nitrogens with zero attached hydrogens (tertiary/aromatic N) is 2. The molecule has 0 unspecified atom stereocenters. The van der Waals surface area contributed by atoms with E-state index < -0.39 is 17.4 Å². The summed E-state index contributed by atoms with van der Waals surface area (Å²) in [6.07, 6.45) is 1.21. The number of fused-ring (bicyclic) bond motifs is 1. The number of nitrogens with one attached hydrogen (secondary N) is 1.